The van der Waals surface area contributed by atoms with Gasteiger partial charge in [-0.25, -0.2) is 4.79 Å². The van der Waals surface area contributed by atoms with Gasteiger partial charge >= 0.3 is 12.1 Å². The Morgan fingerprint density at radius 2 is 1.72 bits per heavy atom. The Kier molecular flexibility index (Phi) is 10.8. The number of methoxy groups -OCH3 is 1. The fraction of sp³-hybridized carbons (Fsp3) is 0.583. The summed E-state index contributed by atoms with van der Waals surface area (Å²) in [5, 5.41) is 0. The highest BCUT2D eigenvalue weighted by Crippen LogP contribution is 2.29. The third-order valence-electron chi connectivity index (χ3n) is 5.99. The number of esters is 1. The van der Waals surface area contributed by atoms with E-state index in [4.69, 9.17) is 9.47 Å². The van der Waals surface area contributed by atoms with Crippen LogP contribution in [0.2, 0.25) is 0 Å². The number of ether oxygens (including phenoxy) is 2. The summed E-state index contributed by atoms with van der Waals surface area (Å²) < 4.78 is 11.2. The molecule has 0 spiro atoms. The number of rotatable bonds is 10. The van der Waals surface area contributed by atoms with Gasteiger partial charge in [0, 0.05) is 49.0 Å². The van der Waals surface area contributed by atoms with Crippen LogP contribution in [0.4, 0.5) is 10.5 Å². The van der Waals surface area contributed by atoms with Gasteiger partial charge in [0.25, 0.3) is 0 Å². The molecule has 178 valence electrons. The molecule has 1 aliphatic carbocycles. The van der Waals surface area contributed by atoms with Crippen LogP contribution in [0.25, 0.3) is 0 Å². The maximum atomic E-state index is 12.0. The number of anilines is 1. The minimum atomic E-state index is -0.433. The van der Waals surface area contributed by atoms with E-state index in [1.807, 2.05) is 0 Å². The molecule has 0 N–H and O–H groups in total. The molecule has 0 unspecified atom stereocenters. The first-order chi connectivity index (χ1) is 15.2. The molecule has 1 fully saturated rings. The van der Waals surface area contributed by atoms with Gasteiger partial charge in [-0.05, 0) is 85.4 Å². The fourth-order valence-corrected chi connectivity index (χ4v) is 4.46. The molecule has 0 bridgehead atoms. The SMILES string of the molecule is C=C(C)OC(=O)N(C)CCN(CC(=O)OC)C1CCC(CN(C)c2ccc(I)cc2)CC1. The summed E-state index contributed by atoms with van der Waals surface area (Å²) in [6, 6.07) is 8.91. The van der Waals surface area contributed by atoms with E-state index in [2.05, 4.69) is 70.3 Å². The second-order valence-corrected chi connectivity index (χ2v) is 9.82. The summed E-state index contributed by atoms with van der Waals surface area (Å²) in [6.07, 6.45) is 3.86. The molecule has 0 heterocycles. The lowest BCUT2D eigenvalue weighted by molar-refractivity contribution is -0.142. The zero-order valence-corrected chi connectivity index (χ0v) is 21.8. The van der Waals surface area contributed by atoms with Crippen LogP contribution in [0.15, 0.2) is 36.6 Å². The van der Waals surface area contributed by atoms with Crippen molar-refractivity contribution in [3.8, 4) is 0 Å². The molecule has 7 nitrogen and oxygen atoms in total. The molecule has 0 saturated heterocycles. The van der Waals surface area contributed by atoms with Crippen LogP contribution >= 0.6 is 22.6 Å². The number of carbonyl (C=O) groups is 2. The van der Waals surface area contributed by atoms with E-state index in [9.17, 15) is 9.59 Å². The third kappa shape index (κ3) is 8.61. The Morgan fingerprint density at radius 1 is 1.09 bits per heavy atom. The fourth-order valence-electron chi connectivity index (χ4n) is 4.10. The molecule has 1 saturated carbocycles. The molecule has 1 aliphatic rings. The van der Waals surface area contributed by atoms with E-state index in [1.54, 1.807) is 14.0 Å². The van der Waals surface area contributed by atoms with Crippen molar-refractivity contribution in [2.45, 2.75) is 38.6 Å². The van der Waals surface area contributed by atoms with Crippen LogP contribution < -0.4 is 4.90 Å². The van der Waals surface area contributed by atoms with Crippen molar-refractivity contribution in [2.24, 2.45) is 5.92 Å². The first kappa shape index (κ1) is 26.4. The Labute approximate surface area is 205 Å². The van der Waals surface area contributed by atoms with Crippen LogP contribution in [0.3, 0.4) is 0 Å². The van der Waals surface area contributed by atoms with Crippen molar-refractivity contribution in [1.82, 2.24) is 9.80 Å². The Bertz CT molecular complexity index is 763. The number of hydrogen-bond acceptors (Lipinski definition) is 6. The highest BCUT2D eigenvalue weighted by atomic mass is 127. The van der Waals surface area contributed by atoms with Gasteiger partial charge in [0.2, 0.25) is 0 Å². The smallest absolute Gasteiger partial charge is 0.414 e. The van der Waals surface area contributed by atoms with Crippen LogP contribution in [-0.4, -0.2) is 75.3 Å². The molecule has 8 heteroatoms. The first-order valence-electron chi connectivity index (χ1n) is 11.1. The number of likely N-dealkylation sites (N-methyl/N-ethyl adjacent to an activating group) is 1. The Balaban J connectivity index is 1.88. The number of nitrogens with zero attached hydrogens (tertiary/aromatic N) is 3. The summed E-state index contributed by atoms with van der Waals surface area (Å²) in [5.41, 5.74) is 1.24. The molecule has 2 rings (SSSR count). The van der Waals surface area contributed by atoms with E-state index < -0.39 is 6.09 Å². The molecule has 1 aromatic carbocycles. The monoisotopic (exact) mass is 557 g/mol. The van der Waals surface area contributed by atoms with Gasteiger partial charge in [0.05, 0.1) is 19.4 Å². The minimum absolute atomic E-state index is 0.234. The highest BCUT2D eigenvalue weighted by molar-refractivity contribution is 14.1. The molecule has 0 aliphatic heterocycles. The number of allylic oxidation sites excluding steroid dienone is 1. The summed E-state index contributed by atoms with van der Waals surface area (Å²) in [4.78, 5) is 30.0. The molecule has 1 aromatic rings. The van der Waals surface area contributed by atoms with Crippen molar-refractivity contribution >= 4 is 40.3 Å². The van der Waals surface area contributed by atoms with Crippen molar-refractivity contribution < 1.29 is 19.1 Å². The van der Waals surface area contributed by atoms with E-state index >= 15 is 0 Å². The summed E-state index contributed by atoms with van der Waals surface area (Å²) in [7, 11) is 5.25. The zero-order valence-electron chi connectivity index (χ0n) is 19.7. The molecular weight excluding hydrogens is 521 g/mol. The topological polar surface area (TPSA) is 62.3 Å². The van der Waals surface area contributed by atoms with E-state index in [0.29, 0.717) is 30.8 Å². The number of carbonyl (C=O) groups excluding carboxylic acids is 2. The van der Waals surface area contributed by atoms with Crippen molar-refractivity contribution in [1.29, 1.82) is 0 Å². The minimum Gasteiger partial charge on any atom is -0.468 e. The second-order valence-electron chi connectivity index (χ2n) is 8.57. The molecule has 0 aromatic heterocycles. The summed E-state index contributed by atoms with van der Waals surface area (Å²) in [5.74, 6) is 0.739. The van der Waals surface area contributed by atoms with Crippen LogP contribution in [0, 0.1) is 9.49 Å². The Hall–Kier alpha value is -1.81. The van der Waals surface area contributed by atoms with Gasteiger partial charge in [0.1, 0.15) is 0 Å². The van der Waals surface area contributed by atoms with Gasteiger partial charge in [0.15, 0.2) is 0 Å². The first-order valence-corrected chi connectivity index (χ1v) is 12.1. The maximum absolute atomic E-state index is 12.0. The number of amides is 1. The third-order valence-corrected chi connectivity index (χ3v) is 6.71. The van der Waals surface area contributed by atoms with Crippen LogP contribution in [-0.2, 0) is 14.3 Å². The zero-order chi connectivity index (χ0) is 23.7. The highest BCUT2D eigenvalue weighted by Gasteiger charge is 2.28. The van der Waals surface area contributed by atoms with Crippen molar-refractivity contribution in [3.63, 3.8) is 0 Å². The predicted octanol–water partition coefficient (Wildman–Crippen LogP) is 4.36. The lowest BCUT2D eigenvalue weighted by Crippen LogP contribution is -2.46. The largest absolute Gasteiger partial charge is 0.468 e. The molecule has 0 radical (unpaired) electrons. The van der Waals surface area contributed by atoms with Crippen LogP contribution in [0.1, 0.15) is 32.6 Å². The summed E-state index contributed by atoms with van der Waals surface area (Å²) in [6.45, 7) is 7.57. The average Bonchev–Trinajstić information content (AvgIpc) is 2.76. The van der Waals surface area contributed by atoms with Crippen molar-refractivity contribution in [2.75, 3.05) is 52.3 Å². The van der Waals surface area contributed by atoms with E-state index in [0.717, 1.165) is 32.2 Å². The lowest BCUT2D eigenvalue weighted by Gasteiger charge is -2.38. The Morgan fingerprint density at radius 3 is 2.28 bits per heavy atom. The van der Waals surface area contributed by atoms with E-state index in [-0.39, 0.29) is 12.5 Å². The maximum Gasteiger partial charge on any atom is 0.414 e. The number of hydrogen-bond donors (Lipinski definition) is 0. The van der Waals surface area contributed by atoms with Gasteiger partial charge in [-0.15, -0.1) is 0 Å². The van der Waals surface area contributed by atoms with Crippen molar-refractivity contribution in [3.05, 3.63) is 40.2 Å². The van der Waals surface area contributed by atoms with E-state index in [1.165, 1.54) is 21.3 Å². The molecule has 32 heavy (non-hydrogen) atoms. The predicted molar refractivity (Wildman–Crippen MR) is 136 cm³/mol. The quantitative estimate of drug-likeness (QED) is 0.242. The average molecular weight is 557 g/mol. The number of benzene rings is 1. The standard InChI is InChI=1S/C24H36IN3O4/c1-18(2)32-24(30)26(3)14-15-28(17-23(29)31-5)22-10-6-19(7-11-22)16-27(4)21-12-8-20(25)9-13-21/h8-9,12-13,19,22H,1,6-7,10-11,14-17H2,2-5H3. The molecular formula is C24H36IN3O4. The lowest BCUT2D eigenvalue weighted by atomic mass is 9.85. The van der Waals surface area contributed by atoms with Gasteiger partial charge < -0.3 is 19.3 Å². The second kappa shape index (κ2) is 13.0. The molecule has 0 atom stereocenters. The summed E-state index contributed by atoms with van der Waals surface area (Å²) >= 11 is 2.32. The van der Waals surface area contributed by atoms with Gasteiger partial charge in [-0.3, -0.25) is 9.69 Å². The van der Waals surface area contributed by atoms with Crippen LogP contribution in [0.5, 0.6) is 0 Å². The number of halogens is 1. The normalized spacial score (nSPS) is 18.2. The molecule has 1 amide bonds. The van der Waals surface area contributed by atoms with Gasteiger partial charge in [-0.1, -0.05) is 6.58 Å². The van der Waals surface area contributed by atoms with Gasteiger partial charge in [-0.2, -0.15) is 0 Å².